The zero-order valence-corrected chi connectivity index (χ0v) is 21.6. The number of nitrogens with one attached hydrogen (secondary N) is 2. The molecule has 0 saturated carbocycles. The Morgan fingerprint density at radius 1 is 1.19 bits per heavy atom. The molecule has 13 nitrogen and oxygen atoms in total. The van der Waals surface area contributed by atoms with Gasteiger partial charge in [-0.15, -0.1) is 0 Å². The van der Waals surface area contributed by atoms with Gasteiger partial charge in [-0.05, 0) is 19.1 Å². The third-order valence-corrected chi connectivity index (χ3v) is 8.08. The second kappa shape index (κ2) is 8.41. The van der Waals surface area contributed by atoms with Crippen molar-refractivity contribution in [2.75, 3.05) is 11.9 Å². The van der Waals surface area contributed by atoms with Gasteiger partial charge in [0.05, 0.1) is 11.1 Å². The third kappa shape index (κ3) is 3.94. The average molecular weight is 588 g/mol. The van der Waals surface area contributed by atoms with Gasteiger partial charge in [0, 0.05) is 18.7 Å². The molecule has 0 spiro atoms. The number of ether oxygens (including phenoxy) is 1. The normalized spacial score (nSPS) is 17.2. The Balaban J connectivity index is 1.84. The molecule has 4 aliphatic rings. The molecule has 1 aromatic rings. The molecule has 1 aromatic carbocycles. The van der Waals surface area contributed by atoms with Crippen LogP contribution in [0.1, 0.15) is 13.3 Å². The summed E-state index contributed by atoms with van der Waals surface area (Å²) in [5, 5.41) is 9.85. The van der Waals surface area contributed by atoms with Crippen LogP contribution in [0.25, 0.3) is 22.6 Å². The van der Waals surface area contributed by atoms with E-state index in [2.05, 4.69) is 15.3 Å². The molecular formula is C20H15Cl2N5O8S2. The number of anilines is 1. The van der Waals surface area contributed by atoms with E-state index in [9.17, 15) is 25.9 Å². The van der Waals surface area contributed by atoms with Gasteiger partial charge in [-0.2, -0.15) is 16.8 Å². The van der Waals surface area contributed by atoms with Gasteiger partial charge in [-0.3, -0.25) is 19.5 Å². The second-order valence-corrected chi connectivity index (χ2v) is 11.3. The van der Waals surface area contributed by atoms with E-state index in [4.69, 9.17) is 43.5 Å². The Morgan fingerprint density at radius 2 is 1.89 bits per heavy atom. The smallest absolute Gasteiger partial charge is 0.300 e. The number of hydrogen-bond acceptors (Lipinski definition) is 11. The van der Waals surface area contributed by atoms with Gasteiger partial charge in [0.25, 0.3) is 20.2 Å². The minimum Gasteiger partial charge on any atom is -0.450 e. The first kappa shape index (κ1) is 25.4. The zero-order valence-electron chi connectivity index (χ0n) is 18.5. The van der Waals surface area contributed by atoms with Crippen molar-refractivity contribution in [1.29, 1.82) is 5.41 Å². The average Bonchev–Trinajstić information content (AvgIpc) is 2.79. The second-order valence-electron chi connectivity index (χ2n) is 7.85. The predicted octanol–water partition coefficient (Wildman–Crippen LogP) is 2.90. The van der Waals surface area contributed by atoms with Crippen LogP contribution >= 0.6 is 23.2 Å². The Hall–Kier alpha value is -3.21. The van der Waals surface area contributed by atoms with Crippen LogP contribution < -0.4 is 21.1 Å². The highest BCUT2D eigenvalue weighted by Crippen LogP contribution is 2.51. The Kier molecular flexibility index (Phi) is 5.78. The van der Waals surface area contributed by atoms with Gasteiger partial charge < -0.3 is 20.2 Å². The maximum Gasteiger partial charge on any atom is 0.300 e. The number of rotatable bonds is 3. The van der Waals surface area contributed by atoms with Crippen molar-refractivity contribution in [1.82, 2.24) is 4.98 Å². The fourth-order valence-corrected chi connectivity index (χ4v) is 6.08. The summed E-state index contributed by atoms with van der Waals surface area (Å²) in [6.45, 7) is 2.05. The number of nitrogens with zero attached hydrogens (tertiary/aromatic N) is 2. The summed E-state index contributed by atoms with van der Waals surface area (Å²) in [5.41, 5.74) is 5.68. The number of aliphatic imine (C=N–C) groups is 1. The molecule has 0 atom stereocenters. The molecule has 17 heteroatoms. The van der Waals surface area contributed by atoms with E-state index in [1.807, 2.05) is 0 Å². The van der Waals surface area contributed by atoms with E-state index in [1.165, 1.54) is 6.07 Å². The SMILES string of the molecule is CCN=C1CC(N)=C(S(=O)(=O)O)C2=C1Nc1c(c(Cl)c3nc4ccc(=N)c(S(=O)(=O)O)c-4oc3c1Cl)O2. The highest BCUT2D eigenvalue weighted by Gasteiger charge is 2.40. The molecule has 0 radical (unpaired) electrons. The molecule has 2 aliphatic heterocycles. The first-order valence-corrected chi connectivity index (χ1v) is 13.9. The van der Waals surface area contributed by atoms with Crippen molar-refractivity contribution < 1.29 is 35.1 Å². The van der Waals surface area contributed by atoms with Crippen molar-refractivity contribution >= 4 is 65.9 Å². The maximum absolute atomic E-state index is 12.1. The topological polar surface area (TPSA) is 218 Å². The molecule has 5 rings (SSSR count). The first-order chi connectivity index (χ1) is 17.2. The van der Waals surface area contributed by atoms with Crippen molar-refractivity contribution in [3.63, 3.8) is 0 Å². The molecule has 0 saturated heterocycles. The van der Waals surface area contributed by atoms with Gasteiger partial charge in [-0.1, -0.05) is 23.2 Å². The quantitative estimate of drug-likeness (QED) is 0.221. The van der Waals surface area contributed by atoms with Crippen LogP contribution in [-0.4, -0.2) is 43.2 Å². The minimum absolute atomic E-state index is 0.00258. The Labute approximate surface area is 218 Å². The van der Waals surface area contributed by atoms with Crippen LogP contribution in [0.2, 0.25) is 10.0 Å². The molecule has 2 aliphatic carbocycles. The molecule has 0 amide bonds. The highest BCUT2D eigenvalue weighted by atomic mass is 35.5. The lowest BCUT2D eigenvalue weighted by Gasteiger charge is -2.31. The number of nitrogens with two attached hydrogens (primary N) is 1. The van der Waals surface area contributed by atoms with Crippen LogP contribution in [0.3, 0.4) is 0 Å². The zero-order chi connectivity index (χ0) is 27.0. The fraction of sp³-hybridized carbons (Fsp3) is 0.150. The molecule has 37 heavy (non-hydrogen) atoms. The molecule has 6 N–H and O–H groups in total. The third-order valence-electron chi connectivity index (χ3n) is 5.49. The van der Waals surface area contributed by atoms with E-state index in [0.29, 0.717) is 12.3 Å². The number of allylic oxidation sites excluding steroid dienone is 2. The summed E-state index contributed by atoms with van der Waals surface area (Å²) in [4.78, 5) is 7.10. The number of halogens is 2. The molecule has 0 unspecified atom stereocenters. The van der Waals surface area contributed by atoms with E-state index in [0.717, 1.165) is 6.07 Å². The van der Waals surface area contributed by atoms with Crippen LogP contribution in [-0.2, 0) is 20.2 Å². The summed E-state index contributed by atoms with van der Waals surface area (Å²) in [5.74, 6) is -0.973. The van der Waals surface area contributed by atoms with E-state index >= 15 is 0 Å². The summed E-state index contributed by atoms with van der Waals surface area (Å²) in [6, 6.07) is 2.36. The first-order valence-electron chi connectivity index (χ1n) is 10.2. The summed E-state index contributed by atoms with van der Waals surface area (Å²) in [7, 11) is -9.72. The molecule has 0 bridgehead atoms. The van der Waals surface area contributed by atoms with Crippen LogP contribution in [0.5, 0.6) is 5.75 Å². The maximum atomic E-state index is 12.1. The van der Waals surface area contributed by atoms with Crippen LogP contribution in [0.4, 0.5) is 5.69 Å². The number of hydrogen-bond donors (Lipinski definition) is 5. The largest absolute Gasteiger partial charge is 0.450 e. The number of benzene rings is 2. The highest BCUT2D eigenvalue weighted by molar-refractivity contribution is 7.90. The van der Waals surface area contributed by atoms with Gasteiger partial charge in [0.15, 0.2) is 32.7 Å². The summed E-state index contributed by atoms with van der Waals surface area (Å²) < 4.78 is 79.2. The van der Waals surface area contributed by atoms with Gasteiger partial charge in [-0.25, -0.2) is 4.98 Å². The van der Waals surface area contributed by atoms with Crippen molar-refractivity contribution in [3.8, 4) is 17.2 Å². The van der Waals surface area contributed by atoms with Gasteiger partial charge >= 0.3 is 0 Å². The van der Waals surface area contributed by atoms with Crippen molar-refractivity contribution in [3.05, 3.63) is 49.6 Å². The van der Waals surface area contributed by atoms with E-state index in [-0.39, 0.29) is 61.8 Å². The van der Waals surface area contributed by atoms with E-state index < -0.39 is 41.2 Å². The molecular weight excluding hydrogens is 573 g/mol. The standard InChI is InChI=1S/C20H15Cl2N5O8S2/c1-2-25-9-5-7(24)20(37(31,32)33)18-12(9)27-14-11(22)16-13(10(21)17(14)35-18)26-8-4-3-6(23)19(15(8)34-16)36(28,29)30/h3-4,23,27H,2,5,24H2,1H3,(H,28,29,30)(H,31,32,33). The van der Waals surface area contributed by atoms with Gasteiger partial charge in [0.1, 0.15) is 32.6 Å². The molecule has 0 aromatic heterocycles. The molecule has 0 fully saturated rings. The van der Waals surface area contributed by atoms with Crippen molar-refractivity contribution in [2.45, 2.75) is 18.2 Å². The lowest BCUT2D eigenvalue weighted by Crippen LogP contribution is -2.31. The minimum atomic E-state index is -4.88. The van der Waals surface area contributed by atoms with Crippen molar-refractivity contribution in [2.24, 2.45) is 10.7 Å². The number of fused-ring (bicyclic) bond motifs is 3. The monoisotopic (exact) mass is 587 g/mol. The summed E-state index contributed by atoms with van der Waals surface area (Å²) >= 11 is 13.1. The van der Waals surface area contributed by atoms with Crippen LogP contribution in [0.15, 0.2) is 48.5 Å². The lowest BCUT2D eigenvalue weighted by atomic mass is 10.0. The fourth-order valence-electron chi connectivity index (χ4n) is 4.05. The summed E-state index contributed by atoms with van der Waals surface area (Å²) in [6.07, 6.45) is -0.132. The Bertz CT molecular complexity index is 1900. The molecule has 2 heterocycles. The molecule has 194 valence electrons. The van der Waals surface area contributed by atoms with Gasteiger partial charge in [0.2, 0.25) is 0 Å². The Morgan fingerprint density at radius 3 is 2.51 bits per heavy atom. The van der Waals surface area contributed by atoms with E-state index in [1.54, 1.807) is 6.92 Å². The number of aromatic nitrogens is 1. The lowest BCUT2D eigenvalue weighted by molar-refractivity contribution is 0.423. The van der Waals surface area contributed by atoms with Crippen LogP contribution in [0, 0.1) is 5.41 Å². The predicted molar refractivity (Wildman–Crippen MR) is 133 cm³/mol.